The molecule has 0 radical (unpaired) electrons. The van der Waals surface area contributed by atoms with E-state index < -0.39 is 6.10 Å². The van der Waals surface area contributed by atoms with E-state index in [1.807, 2.05) is 51.2 Å². The highest BCUT2D eigenvalue weighted by Gasteiger charge is 2.26. The smallest absolute Gasteiger partial charge is 0.162 e. The summed E-state index contributed by atoms with van der Waals surface area (Å²) in [6.07, 6.45) is 1.31. The molecule has 0 amide bonds. The molecule has 1 saturated heterocycles. The van der Waals surface area contributed by atoms with Crippen LogP contribution in [0.4, 0.5) is 5.82 Å². The summed E-state index contributed by atoms with van der Waals surface area (Å²) in [6.45, 7) is 14.0. The number of imidazole rings is 1. The number of benzene rings is 1. The summed E-state index contributed by atoms with van der Waals surface area (Å²) < 4.78 is 13.6. The van der Waals surface area contributed by atoms with Crippen LogP contribution in [0.15, 0.2) is 35.0 Å². The molecule has 5 rings (SSSR count). The van der Waals surface area contributed by atoms with Gasteiger partial charge in [0.2, 0.25) is 0 Å². The topological polar surface area (TPSA) is 118 Å². The van der Waals surface area contributed by atoms with Crippen molar-refractivity contribution in [1.82, 2.24) is 30.1 Å². The second kappa shape index (κ2) is 11.6. The highest BCUT2D eigenvalue weighted by molar-refractivity contribution is 5.75. The zero-order valence-electron chi connectivity index (χ0n) is 24.1. The number of aromatic nitrogens is 5. The number of anilines is 1. The predicted molar refractivity (Wildman–Crippen MR) is 154 cm³/mol. The zero-order valence-corrected chi connectivity index (χ0v) is 24.1. The van der Waals surface area contributed by atoms with Gasteiger partial charge in [-0.3, -0.25) is 0 Å². The molecule has 0 spiro atoms. The molecule has 0 saturated carbocycles. The molecule has 1 atom stereocenters. The third-order valence-corrected chi connectivity index (χ3v) is 7.28. The molecule has 0 aliphatic carbocycles. The average Bonchev–Trinajstić information content (AvgIpc) is 3.47. The van der Waals surface area contributed by atoms with Crippen molar-refractivity contribution in [3.8, 4) is 28.4 Å². The number of ether oxygens (including phenoxy) is 1. The van der Waals surface area contributed by atoms with Gasteiger partial charge in [0.1, 0.15) is 35.9 Å². The Balaban J connectivity index is 1.49. The molecule has 0 bridgehead atoms. The van der Waals surface area contributed by atoms with E-state index in [0.717, 1.165) is 77.4 Å². The molecule has 40 heavy (non-hydrogen) atoms. The summed E-state index contributed by atoms with van der Waals surface area (Å²) in [7, 11) is 1.80. The molecule has 1 aliphatic heterocycles. The van der Waals surface area contributed by atoms with E-state index in [2.05, 4.69) is 43.9 Å². The Morgan fingerprint density at radius 2 is 1.85 bits per heavy atom. The summed E-state index contributed by atoms with van der Waals surface area (Å²) >= 11 is 0. The van der Waals surface area contributed by atoms with Gasteiger partial charge < -0.3 is 29.6 Å². The second-order valence-electron chi connectivity index (χ2n) is 10.3. The van der Waals surface area contributed by atoms with Gasteiger partial charge in [-0.25, -0.2) is 19.6 Å². The fraction of sp³-hybridized carbons (Fsp3) is 0.448. The first-order valence-electron chi connectivity index (χ1n) is 13.7. The Bertz CT molecular complexity index is 1430. The van der Waals surface area contributed by atoms with E-state index in [1.165, 1.54) is 0 Å². The largest absolute Gasteiger partial charge is 0.491 e. The summed E-state index contributed by atoms with van der Waals surface area (Å²) in [4.78, 5) is 16.9. The maximum Gasteiger partial charge on any atom is 0.162 e. The summed E-state index contributed by atoms with van der Waals surface area (Å²) in [5, 5.41) is 19.6. The van der Waals surface area contributed by atoms with Crippen LogP contribution in [0, 0.1) is 34.6 Å². The monoisotopic (exact) mass is 546 g/mol. The standard InChI is InChI=1S/C29H38N8O3/c1-18-15-31-22(5)37(18)36-12-10-35(11-13-36)29-19(2)27(26-20(3)34-40-21(26)4)32-28(33-29)23-8-7-9-25(14-23)39-17-24(38)16-30-6/h7-9,14-15,24,30,38H,10-13,16-17H2,1-6H3. The fourth-order valence-electron chi connectivity index (χ4n) is 5.31. The number of aliphatic hydroxyl groups is 1. The molecule has 1 aliphatic rings. The molecular weight excluding hydrogens is 508 g/mol. The average molecular weight is 547 g/mol. The van der Waals surface area contributed by atoms with Crippen LogP contribution in [0.5, 0.6) is 5.75 Å². The Morgan fingerprint density at radius 3 is 2.50 bits per heavy atom. The molecular formula is C29H38N8O3. The van der Waals surface area contributed by atoms with Gasteiger partial charge in [0.05, 0.1) is 41.9 Å². The number of nitrogens with zero attached hydrogens (tertiary/aromatic N) is 7. The molecule has 4 aromatic rings. The Morgan fingerprint density at radius 1 is 1.07 bits per heavy atom. The first-order chi connectivity index (χ1) is 19.3. The lowest BCUT2D eigenvalue weighted by Gasteiger charge is -2.38. The lowest BCUT2D eigenvalue weighted by molar-refractivity contribution is 0.108. The van der Waals surface area contributed by atoms with Crippen molar-refractivity contribution in [3.05, 3.63) is 59.0 Å². The number of nitrogens with one attached hydrogen (secondary N) is 1. The summed E-state index contributed by atoms with van der Waals surface area (Å²) in [5.74, 6) is 3.86. The molecule has 2 N–H and O–H groups in total. The third-order valence-electron chi connectivity index (χ3n) is 7.28. The van der Waals surface area contributed by atoms with Gasteiger partial charge >= 0.3 is 0 Å². The second-order valence-corrected chi connectivity index (χ2v) is 10.3. The summed E-state index contributed by atoms with van der Waals surface area (Å²) in [6, 6.07) is 7.69. The van der Waals surface area contributed by atoms with Gasteiger partial charge in [-0.05, 0) is 53.8 Å². The quantitative estimate of drug-likeness (QED) is 0.324. The van der Waals surface area contributed by atoms with E-state index in [4.69, 9.17) is 19.2 Å². The molecule has 212 valence electrons. The number of rotatable bonds is 9. The number of aliphatic hydroxyl groups excluding tert-OH is 1. The van der Waals surface area contributed by atoms with Crippen LogP contribution < -0.4 is 20.0 Å². The highest BCUT2D eigenvalue weighted by Crippen LogP contribution is 2.35. The van der Waals surface area contributed by atoms with E-state index >= 15 is 0 Å². The van der Waals surface area contributed by atoms with Crippen molar-refractivity contribution in [2.45, 2.75) is 40.7 Å². The minimum atomic E-state index is -0.601. The normalized spacial score (nSPS) is 14.6. The van der Waals surface area contributed by atoms with Crippen molar-refractivity contribution in [1.29, 1.82) is 0 Å². The van der Waals surface area contributed by atoms with Crippen LogP contribution in [0.1, 0.15) is 28.5 Å². The van der Waals surface area contributed by atoms with Crippen molar-refractivity contribution < 1.29 is 14.4 Å². The Labute approximate surface area is 234 Å². The number of likely N-dealkylation sites (N-methyl/N-ethyl adjacent to an activating group) is 1. The van der Waals surface area contributed by atoms with E-state index in [-0.39, 0.29) is 6.61 Å². The molecule has 3 aromatic heterocycles. The highest BCUT2D eigenvalue weighted by atomic mass is 16.5. The van der Waals surface area contributed by atoms with Crippen molar-refractivity contribution in [2.24, 2.45) is 0 Å². The zero-order chi connectivity index (χ0) is 28.4. The van der Waals surface area contributed by atoms with E-state index in [9.17, 15) is 5.11 Å². The molecule has 4 heterocycles. The fourth-order valence-corrected chi connectivity index (χ4v) is 5.31. The Kier molecular flexibility index (Phi) is 8.04. The van der Waals surface area contributed by atoms with Gasteiger partial charge in [0.15, 0.2) is 5.82 Å². The van der Waals surface area contributed by atoms with Crippen LogP contribution in [0.2, 0.25) is 0 Å². The van der Waals surface area contributed by atoms with Gasteiger partial charge in [-0.1, -0.05) is 17.3 Å². The van der Waals surface area contributed by atoms with Gasteiger partial charge in [-0.15, -0.1) is 0 Å². The predicted octanol–water partition coefficient (Wildman–Crippen LogP) is 2.95. The van der Waals surface area contributed by atoms with E-state index in [0.29, 0.717) is 18.1 Å². The van der Waals surface area contributed by atoms with Crippen molar-refractivity contribution >= 4 is 5.82 Å². The number of hydrogen-bond donors (Lipinski definition) is 2. The molecule has 11 nitrogen and oxygen atoms in total. The van der Waals surface area contributed by atoms with Crippen molar-refractivity contribution in [3.63, 3.8) is 0 Å². The number of aryl methyl sites for hydroxylation is 4. The lowest BCUT2D eigenvalue weighted by atomic mass is 10.0. The minimum absolute atomic E-state index is 0.189. The maximum absolute atomic E-state index is 10.1. The van der Waals surface area contributed by atoms with Crippen LogP contribution in [0.3, 0.4) is 0 Å². The minimum Gasteiger partial charge on any atom is -0.491 e. The van der Waals surface area contributed by atoms with Crippen LogP contribution in [-0.2, 0) is 0 Å². The first-order valence-corrected chi connectivity index (χ1v) is 13.7. The first kappa shape index (κ1) is 27.6. The van der Waals surface area contributed by atoms with Crippen LogP contribution in [0.25, 0.3) is 22.6 Å². The maximum atomic E-state index is 10.1. The number of hydrogen-bond acceptors (Lipinski definition) is 10. The van der Waals surface area contributed by atoms with Gasteiger partial charge in [-0.2, -0.15) is 0 Å². The third kappa shape index (κ3) is 5.52. The summed E-state index contributed by atoms with van der Waals surface area (Å²) in [5.41, 5.74) is 5.46. The molecule has 11 heteroatoms. The van der Waals surface area contributed by atoms with E-state index in [1.54, 1.807) is 7.05 Å². The number of piperazine rings is 1. The van der Waals surface area contributed by atoms with Gasteiger partial charge in [0.25, 0.3) is 0 Å². The molecule has 1 aromatic carbocycles. The SMILES string of the molecule is CNCC(O)COc1cccc(-c2nc(-c3c(C)noc3C)c(C)c(N3CCN(n4c(C)cnc4C)CC3)n2)c1. The lowest BCUT2D eigenvalue weighted by Crippen LogP contribution is -2.52. The van der Waals surface area contributed by atoms with Crippen LogP contribution >= 0.6 is 0 Å². The van der Waals surface area contributed by atoms with Crippen LogP contribution in [-0.4, -0.2) is 82.4 Å². The molecule has 1 unspecified atom stereocenters. The van der Waals surface area contributed by atoms with Crippen molar-refractivity contribution in [2.75, 3.05) is 56.3 Å². The Hall–Kier alpha value is -3.96. The molecule has 1 fully saturated rings. The van der Waals surface area contributed by atoms with Gasteiger partial charge in [0, 0.05) is 30.8 Å².